The van der Waals surface area contributed by atoms with Crippen LogP contribution >= 0.6 is 11.6 Å². The molecule has 9 heteroatoms. The van der Waals surface area contributed by atoms with Crippen molar-refractivity contribution in [3.8, 4) is 11.5 Å². The summed E-state index contributed by atoms with van der Waals surface area (Å²) in [6.45, 7) is 0. The highest BCUT2D eigenvalue weighted by molar-refractivity contribution is 6.33. The molecule has 0 saturated heterocycles. The number of amides is 2. The van der Waals surface area contributed by atoms with E-state index in [0.717, 1.165) is 6.07 Å². The molecule has 0 fully saturated rings. The Morgan fingerprint density at radius 2 is 1.84 bits per heavy atom. The highest BCUT2D eigenvalue weighted by Gasteiger charge is 2.14. The summed E-state index contributed by atoms with van der Waals surface area (Å²) in [6.07, 6.45) is 2.81. The average molecular weight is 439 g/mol. The number of carbonyl (C=O) groups excluding carboxylic acids is 2. The Balaban J connectivity index is 1.39. The summed E-state index contributed by atoms with van der Waals surface area (Å²) in [5.41, 5.74) is 1.22. The minimum Gasteiger partial charge on any atom is -0.453 e. The fourth-order valence-electron chi connectivity index (χ4n) is 2.91. The highest BCUT2D eigenvalue weighted by Crippen LogP contribution is 2.31. The molecule has 2 amide bonds. The van der Waals surface area contributed by atoms with Crippen LogP contribution in [0.5, 0.6) is 11.5 Å². The number of halogens is 2. The molecule has 2 aromatic carbocycles. The number of nitrogens with zero attached hydrogens (tertiary/aromatic N) is 1. The van der Waals surface area contributed by atoms with Gasteiger partial charge in [-0.3, -0.25) is 9.59 Å². The third kappa shape index (κ3) is 4.81. The predicted molar refractivity (Wildman–Crippen MR) is 116 cm³/mol. The minimum absolute atomic E-state index is 0.0110. The number of ether oxygens (including phenoxy) is 1. The van der Waals surface area contributed by atoms with E-state index in [9.17, 15) is 14.0 Å². The molecule has 2 heterocycles. The standard InChI is InChI=1S/C22H16ClFN4O3/c23-15-3-1-2-4-17(15)28-21(30)12-20(29)27-13-5-6-19(16(24)11-13)31-18-8-10-26-22-14(18)7-9-25-22/h1-11H,12H2,(H,25,26)(H,27,29)(H,28,30). The first-order chi connectivity index (χ1) is 15.0. The minimum atomic E-state index is -0.668. The molecular formula is C22H16ClFN4O3. The van der Waals surface area contributed by atoms with Crippen LogP contribution in [0.25, 0.3) is 11.0 Å². The van der Waals surface area contributed by atoms with Gasteiger partial charge in [-0.2, -0.15) is 0 Å². The van der Waals surface area contributed by atoms with Gasteiger partial charge in [0.15, 0.2) is 11.6 Å². The number of para-hydroxylation sites is 1. The number of fused-ring (bicyclic) bond motifs is 1. The van der Waals surface area contributed by atoms with Crippen LogP contribution in [0.15, 0.2) is 67.0 Å². The van der Waals surface area contributed by atoms with Crippen molar-refractivity contribution in [2.75, 3.05) is 10.6 Å². The Kier molecular flexibility index (Phi) is 5.81. The van der Waals surface area contributed by atoms with E-state index in [1.165, 1.54) is 12.1 Å². The topological polar surface area (TPSA) is 96.1 Å². The van der Waals surface area contributed by atoms with E-state index in [0.29, 0.717) is 27.5 Å². The average Bonchev–Trinajstić information content (AvgIpc) is 3.21. The maximum absolute atomic E-state index is 14.5. The van der Waals surface area contributed by atoms with E-state index in [2.05, 4.69) is 20.6 Å². The lowest BCUT2D eigenvalue weighted by molar-refractivity contribution is -0.123. The number of nitrogens with one attached hydrogen (secondary N) is 3. The lowest BCUT2D eigenvalue weighted by atomic mass is 10.2. The second-order valence-electron chi connectivity index (χ2n) is 6.55. The van der Waals surface area contributed by atoms with Crippen molar-refractivity contribution in [1.82, 2.24) is 9.97 Å². The third-order valence-corrected chi connectivity index (χ3v) is 4.65. The van der Waals surface area contributed by atoms with Crippen LogP contribution in [0, 0.1) is 5.82 Å². The van der Waals surface area contributed by atoms with Gasteiger partial charge in [0.1, 0.15) is 17.8 Å². The van der Waals surface area contributed by atoms with Gasteiger partial charge in [0.25, 0.3) is 0 Å². The van der Waals surface area contributed by atoms with Gasteiger partial charge in [-0.15, -0.1) is 0 Å². The van der Waals surface area contributed by atoms with E-state index in [1.807, 2.05) is 0 Å². The molecular weight excluding hydrogens is 423 g/mol. The number of pyridine rings is 1. The zero-order valence-corrected chi connectivity index (χ0v) is 16.7. The first kappa shape index (κ1) is 20.4. The molecule has 7 nitrogen and oxygen atoms in total. The number of aromatic nitrogens is 2. The van der Waals surface area contributed by atoms with Gasteiger partial charge in [0.05, 0.1) is 16.1 Å². The van der Waals surface area contributed by atoms with Crippen molar-refractivity contribution in [2.24, 2.45) is 0 Å². The van der Waals surface area contributed by atoms with Crippen LogP contribution < -0.4 is 15.4 Å². The molecule has 2 aromatic heterocycles. The lowest BCUT2D eigenvalue weighted by Crippen LogP contribution is -2.21. The van der Waals surface area contributed by atoms with E-state index in [4.69, 9.17) is 16.3 Å². The number of rotatable bonds is 6. The first-order valence-corrected chi connectivity index (χ1v) is 9.61. The van der Waals surface area contributed by atoms with Gasteiger partial charge in [-0.1, -0.05) is 23.7 Å². The van der Waals surface area contributed by atoms with Crippen LogP contribution in [0.3, 0.4) is 0 Å². The molecule has 0 aliphatic rings. The molecule has 3 N–H and O–H groups in total. The molecule has 0 bridgehead atoms. The highest BCUT2D eigenvalue weighted by atomic mass is 35.5. The molecule has 0 atom stereocenters. The van der Waals surface area contributed by atoms with Gasteiger partial charge in [-0.25, -0.2) is 9.37 Å². The summed E-state index contributed by atoms with van der Waals surface area (Å²) in [4.78, 5) is 31.3. The summed E-state index contributed by atoms with van der Waals surface area (Å²) >= 11 is 5.98. The van der Waals surface area contributed by atoms with Crippen molar-refractivity contribution in [2.45, 2.75) is 6.42 Å². The molecule has 0 aliphatic carbocycles. The smallest absolute Gasteiger partial charge is 0.233 e. The van der Waals surface area contributed by atoms with Crippen LogP contribution in [-0.4, -0.2) is 21.8 Å². The van der Waals surface area contributed by atoms with Gasteiger partial charge < -0.3 is 20.4 Å². The molecule has 31 heavy (non-hydrogen) atoms. The predicted octanol–water partition coefficient (Wildman–Crippen LogP) is 5.12. The Labute approximate surface area is 181 Å². The maximum atomic E-state index is 14.5. The fraction of sp³-hybridized carbons (Fsp3) is 0.0455. The number of anilines is 2. The molecule has 156 valence electrons. The van der Waals surface area contributed by atoms with Gasteiger partial charge in [0.2, 0.25) is 11.8 Å². The molecule has 0 saturated carbocycles. The second-order valence-corrected chi connectivity index (χ2v) is 6.96. The number of carbonyl (C=O) groups is 2. The van der Waals surface area contributed by atoms with Crippen LogP contribution in [0.4, 0.5) is 15.8 Å². The monoisotopic (exact) mass is 438 g/mol. The van der Waals surface area contributed by atoms with Crippen molar-refractivity contribution < 1.29 is 18.7 Å². The van der Waals surface area contributed by atoms with Crippen molar-refractivity contribution >= 4 is 45.8 Å². The Bertz CT molecular complexity index is 1270. The van der Waals surface area contributed by atoms with E-state index in [-0.39, 0.29) is 11.4 Å². The number of aromatic amines is 1. The zero-order valence-electron chi connectivity index (χ0n) is 16.0. The van der Waals surface area contributed by atoms with Crippen molar-refractivity contribution in [3.05, 3.63) is 77.8 Å². The molecule has 0 unspecified atom stereocenters. The van der Waals surface area contributed by atoms with Crippen LogP contribution in [0.2, 0.25) is 5.02 Å². The lowest BCUT2D eigenvalue weighted by Gasteiger charge is -2.10. The zero-order chi connectivity index (χ0) is 21.8. The number of hydrogen-bond acceptors (Lipinski definition) is 4. The van der Waals surface area contributed by atoms with Crippen molar-refractivity contribution in [3.63, 3.8) is 0 Å². The number of H-pyrrole nitrogens is 1. The van der Waals surface area contributed by atoms with E-state index in [1.54, 1.807) is 48.8 Å². The maximum Gasteiger partial charge on any atom is 0.233 e. The summed E-state index contributed by atoms with van der Waals surface area (Å²) in [5.74, 6) is -1.37. The van der Waals surface area contributed by atoms with Gasteiger partial charge in [0, 0.05) is 24.1 Å². The van der Waals surface area contributed by atoms with Crippen LogP contribution in [-0.2, 0) is 9.59 Å². The summed E-state index contributed by atoms with van der Waals surface area (Å²) < 4.78 is 20.2. The SMILES string of the molecule is O=C(CC(=O)Nc1ccccc1Cl)Nc1ccc(Oc2ccnc3[nH]ccc23)c(F)c1. The first-order valence-electron chi connectivity index (χ1n) is 9.23. The van der Waals surface area contributed by atoms with Crippen LogP contribution in [0.1, 0.15) is 6.42 Å². The van der Waals surface area contributed by atoms with Crippen molar-refractivity contribution in [1.29, 1.82) is 0 Å². The molecule has 4 rings (SSSR count). The van der Waals surface area contributed by atoms with E-state index >= 15 is 0 Å². The molecule has 4 aromatic rings. The number of hydrogen-bond donors (Lipinski definition) is 3. The molecule has 0 radical (unpaired) electrons. The normalized spacial score (nSPS) is 10.6. The molecule has 0 spiro atoms. The third-order valence-electron chi connectivity index (χ3n) is 4.32. The molecule has 0 aliphatic heterocycles. The quantitative estimate of drug-likeness (QED) is 0.364. The number of benzene rings is 2. The summed E-state index contributed by atoms with van der Waals surface area (Å²) in [7, 11) is 0. The Morgan fingerprint density at radius 3 is 2.65 bits per heavy atom. The van der Waals surface area contributed by atoms with E-state index < -0.39 is 24.1 Å². The Hall–Kier alpha value is -3.91. The van der Waals surface area contributed by atoms with Gasteiger partial charge in [-0.05, 0) is 36.4 Å². The Morgan fingerprint density at radius 1 is 1.03 bits per heavy atom. The fourth-order valence-corrected chi connectivity index (χ4v) is 3.10. The largest absolute Gasteiger partial charge is 0.453 e. The summed E-state index contributed by atoms with van der Waals surface area (Å²) in [5, 5.41) is 6.11. The van der Waals surface area contributed by atoms with Gasteiger partial charge >= 0.3 is 0 Å². The second kappa shape index (κ2) is 8.85. The summed E-state index contributed by atoms with van der Waals surface area (Å²) in [6, 6.07) is 14.1.